The van der Waals surface area contributed by atoms with Gasteiger partial charge in [0.2, 0.25) is 11.1 Å². The van der Waals surface area contributed by atoms with Gasteiger partial charge in [0.25, 0.3) is 0 Å². The van der Waals surface area contributed by atoms with Crippen molar-refractivity contribution in [3.63, 3.8) is 0 Å². The number of nitrogens with one attached hydrogen (secondary N) is 2. The molecule has 1 fully saturated rings. The van der Waals surface area contributed by atoms with Crippen LogP contribution in [0.4, 0.5) is 0 Å². The molecule has 1 aromatic heterocycles. The van der Waals surface area contributed by atoms with E-state index in [1.54, 1.807) is 0 Å². The van der Waals surface area contributed by atoms with E-state index in [2.05, 4.69) is 34.3 Å². The van der Waals surface area contributed by atoms with Gasteiger partial charge in [-0.05, 0) is 25.7 Å². The molecule has 0 aliphatic heterocycles. The van der Waals surface area contributed by atoms with Crippen LogP contribution in [0.3, 0.4) is 0 Å². The van der Waals surface area contributed by atoms with Gasteiger partial charge in [0.15, 0.2) is 5.82 Å². The first kappa shape index (κ1) is 17.0. The Balaban J connectivity index is 1.51. The molecular formula is C18H24N4OS. The Hall–Kier alpha value is -1.82. The van der Waals surface area contributed by atoms with E-state index in [1.807, 2.05) is 24.3 Å². The van der Waals surface area contributed by atoms with E-state index in [0.717, 1.165) is 17.8 Å². The lowest BCUT2D eigenvalue weighted by Crippen LogP contribution is -2.41. The Bertz CT molecular complexity index is 683. The molecular weight excluding hydrogens is 320 g/mol. The van der Waals surface area contributed by atoms with Gasteiger partial charge in [-0.25, -0.2) is 4.98 Å². The van der Waals surface area contributed by atoms with Crippen molar-refractivity contribution in [1.82, 2.24) is 20.5 Å². The van der Waals surface area contributed by atoms with Crippen LogP contribution in [-0.2, 0) is 4.79 Å². The third kappa shape index (κ3) is 4.38. The second-order valence-corrected chi connectivity index (χ2v) is 7.50. The Morgan fingerprint density at radius 2 is 2.04 bits per heavy atom. The number of benzene rings is 1. The topological polar surface area (TPSA) is 70.7 Å². The summed E-state index contributed by atoms with van der Waals surface area (Å²) in [5.41, 5.74) is 2.21. The number of carbonyl (C=O) groups excluding carboxylic acids is 1. The highest BCUT2D eigenvalue weighted by Gasteiger charge is 2.22. The highest BCUT2D eigenvalue weighted by Crippen LogP contribution is 2.24. The van der Waals surface area contributed by atoms with Crippen molar-refractivity contribution in [3.05, 3.63) is 29.8 Å². The van der Waals surface area contributed by atoms with Crippen molar-refractivity contribution in [2.45, 2.75) is 50.7 Å². The minimum absolute atomic E-state index is 0.0698. The van der Waals surface area contributed by atoms with E-state index >= 15 is 0 Å². The summed E-state index contributed by atoms with van der Waals surface area (Å²) in [7, 11) is 0. The molecule has 0 unspecified atom stereocenters. The third-order valence-electron chi connectivity index (χ3n) is 4.58. The lowest BCUT2D eigenvalue weighted by molar-refractivity contribution is -0.119. The molecule has 2 N–H and O–H groups in total. The van der Waals surface area contributed by atoms with Gasteiger partial charge < -0.3 is 5.32 Å². The maximum atomic E-state index is 12.1. The molecule has 0 saturated heterocycles. The fourth-order valence-corrected chi connectivity index (χ4v) is 3.67. The van der Waals surface area contributed by atoms with Crippen LogP contribution in [0.2, 0.25) is 0 Å². The molecule has 1 saturated carbocycles. The van der Waals surface area contributed by atoms with Gasteiger partial charge in [-0.1, -0.05) is 61.4 Å². The van der Waals surface area contributed by atoms with Gasteiger partial charge in [0.05, 0.1) is 5.75 Å². The molecule has 128 valence electrons. The number of H-pyrrole nitrogens is 1. The molecule has 24 heavy (non-hydrogen) atoms. The first-order valence-electron chi connectivity index (χ1n) is 8.53. The number of hydrogen-bond acceptors (Lipinski definition) is 4. The second kappa shape index (κ2) is 7.83. The number of aromatic nitrogens is 3. The number of aryl methyl sites for hydroxylation is 1. The molecule has 2 aromatic rings. The van der Waals surface area contributed by atoms with Gasteiger partial charge in [-0.2, -0.15) is 0 Å². The fraction of sp³-hybridized carbons (Fsp3) is 0.500. The largest absolute Gasteiger partial charge is 0.352 e. The lowest BCUT2D eigenvalue weighted by Gasteiger charge is -2.29. The summed E-state index contributed by atoms with van der Waals surface area (Å²) in [4.78, 5) is 16.6. The molecule has 0 radical (unpaired) electrons. The van der Waals surface area contributed by atoms with Crippen LogP contribution in [0.1, 0.15) is 38.2 Å². The van der Waals surface area contributed by atoms with E-state index in [9.17, 15) is 4.79 Å². The van der Waals surface area contributed by atoms with Gasteiger partial charge in [-0.3, -0.25) is 9.89 Å². The quantitative estimate of drug-likeness (QED) is 0.814. The van der Waals surface area contributed by atoms with Gasteiger partial charge in [0, 0.05) is 11.6 Å². The molecule has 1 amide bonds. The van der Waals surface area contributed by atoms with Crippen molar-refractivity contribution in [1.29, 1.82) is 0 Å². The molecule has 0 spiro atoms. The Kier molecular flexibility index (Phi) is 5.56. The third-order valence-corrected chi connectivity index (χ3v) is 5.43. The summed E-state index contributed by atoms with van der Waals surface area (Å²) in [5.74, 6) is 1.73. The summed E-state index contributed by atoms with van der Waals surface area (Å²) < 4.78 is 0. The van der Waals surface area contributed by atoms with Crippen LogP contribution < -0.4 is 5.32 Å². The van der Waals surface area contributed by atoms with Crippen molar-refractivity contribution in [2.24, 2.45) is 5.92 Å². The number of rotatable bonds is 5. The number of aromatic amines is 1. The molecule has 1 aliphatic rings. The summed E-state index contributed by atoms with van der Waals surface area (Å²) in [5, 5.41) is 10.9. The van der Waals surface area contributed by atoms with Crippen LogP contribution in [-0.4, -0.2) is 32.9 Å². The van der Waals surface area contributed by atoms with Crippen LogP contribution in [0.15, 0.2) is 29.4 Å². The monoisotopic (exact) mass is 344 g/mol. The van der Waals surface area contributed by atoms with Gasteiger partial charge in [0.1, 0.15) is 0 Å². The molecule has 1 aliphatic carbocycles. The van der Waals surface area contributed by atoms with E-state index in [1.165, 1.54) is 36.6 Å². The number of nitrogens with zero attached hydrogens (tertiary/aromatic N) is 2. The van der Waals surface area contributed by atoms with E-state index in [0.29, 0.717) is 22.9 Å². The van der Waals surface area contributed by atoms with Crippen LogP contribution in [0.5, 0.6) is 0 Å². The number of thioether (sulfide) groups is 1. The van der Waals surface area contributed by atoms with Crippen LogP contribution in [0, 0.1) is 12.8 Å². The van der Waals surface area contributed by atoms with Crippen LogP contribution >= 0.6 is 11.8 Å². The number of amides is 1. The molecule has 0 bridgehead atoms. The predicted molar refractivity (Wildman–Crippen MR) is 96.8 cm³/mol. The summed E-state index contributed by atoms with van der Waals surface area (Å²) in [6.45, 7) is 4.28. The van der Waals surface area contributed by atoms with E-state index in [4.69, 9.17) is 0 Å². The average molecular weight is 344 g/mol. The maximum absolute atomic E-state index is 12.1. The van der Waals surface area contributed by atoms with Crippen molar-refractivity contribution in [2.75, 3.05) is 5.75 Å². The number of hydrogen-bond donors (Lipinski definition) is 2. The first-order chi connectivity index (χ1) is 11.6. The maximum Gasteiger partial charge on any atom is 0.230 e. The molecule has 3 rings (SSSR count). The SMILES string of the molecule is Cc1ccc(-c2nc(SCC(=O)N[C@@H]3CCCC[C@H]3C)n[nH]2)cc1. The molecule has 1 heterocycles. The molecule has 6 heteroatoms. The zero-order valence-corrected chi connectivity index (χ0v) is 15.0. The Morgan fingerprint density at radius 3 is 2.79 bits per heavy atom. The standard InChI is InChI=1S/C18H24N4OS/c1-12-7-9-14(10-8-12)17-20-18(22-21-17)24-11-16(23)19-15-6-4-3-5-13(15)2/h7-10,13,15H,3-6,11H2,1-2H3,(H,19,23)(H,20,21,22)/t13-,15-/m1/s1. The highest BCUT2D eigenvalue weighted by molar-refractivity contribution is 7.99. The van der Waals surface area contributed by atoms with E-state index < -0.39 is 0 Å². The second-order valence-electron chi connectivity index (χ2n) is 6.56. The van der Waals surface area contributed by atoms with Gasteiger partial charge in [-0.15, -0.1) is 5.10 Å². The zero-order chi connectivity index (χ0) is 16.9. The minimum Gasteiger partial charge on any atom is -0.352 e. The fourth-order valence-electron chi connectivity index (χ4n) is 3.06. The number of carbonyl (C=O) groups is 1. The summed E-state index contributed by atoms with van der Waals surface area (Å²) >= 11 is 1.37. The average Bonchev–Trinajstić information content (AvgIpc) is 3.05. The summed E-state index contributed by atoms with van der Waals surface area (Å²) in [6.07, 6.45) is 4.79. The zero-order valence-electron chi connectivity index (χ0n) is 14.2. The Morgan fingerprint density at radius 1 is 1.29 bits per heavy atom. The molecule has 2 atom stereocenters. The van der Waals surface area contributed by atoms with Crippen molar-refractivity contribution >= 4 is 17.7 Å². The van der Waals surface area contributed by atoms with Crippen LogP contribution in [0.25, 0.3) is 11.4 Å². The first-order valence-corrected chi connectivity index (χ1v) is 9.52. The normalized spacial score (nSPS) is 20.8. The smallest absolute Gasteiger partial charge is 0.230 e. The van der Waals surface area contributed by atoms with Gasteiger partial charge >= 0.3 is 0 Å². The lowest BCUT2D eigenvalue weighted by atomic mass is 9.86. The highest BCUT2D eigenvalue weighted by atomic mass is 32.2. The minimum atomic E-state index is 0.0698. The molecule has 1 aromatic carbocycles. The van der Waals surface area contributed by atoms with E-state index in [-0.39, 0.29) is 5.91 Å². The predicted octanol–water partition coefficient (Wildman–Crippen LogP) is 3.57. The van der Waals surface area contributed by atoms with Crippen molar-refractivity contribution < 1.29 is 4.79 Å². The Labute approximate surface area is 147 Å². The summed E-state index contributed by atoms with van der Waals surface area (Å²) in [6, 6.07) is 8.44. The molecule has 5 nitrogen and oxygen atoms in total. The van der Waals surface area contributed by atoms with Crippen molar-refractivity contribution in [3.8, 4) is 11.4 Å².